The number of ether oxygens (including phenoxy) is 1. The second-order valence-corrected chi connectivity index (χ2v) is 6.87. The van der Waals surface area contributed by atoms with Crippen LogP contribution in [0.2, 0.25) is 5.02 Å². The lowest BCUT2D eigenvalue weighted by Gasteiger charge is -2.31. The molecule has 2 amide bonds. The summed E-state index contributed by atoms with van der Waals surface area (Å²) in [5, 5.41) is 3.74. The highest BCUT2D eigenvalue weighted by Gasteiger charge is 2.28. The molecule has 3 rings (SSSR count). The van der Waals surface area contributed by atoms with Crippen LogP contribution in [0.1, 0.15) is 44.2 Å². The molecule has 26 heavy (non-hydrogen) atoms. The molecule has 0 bridgehead atoms. The molecule has 0 unspecified atom stereocenters. The number of hydrogen-bond donors (Lipinski definition) is 1. The largest absolute Gasteiger partial charge is 0.494 e. The van der Waals surface area contributed by atoms with Crippen molar-refractivity contribution in [2.24, 2.45) is 0 Å². The third kappa shape index (κ3) is 4.50. The van der Waals surface area contributed by atoms with Gasteiger partial charge in [0.15, 0.2) is 0 Å². The van der Waals surface area contributed by atoms with E-state index in [4.69, 9.17) is 16.3 Å². The third-order valence-corrected chi connectivity index (χ3v) is 5.04. The van der Waals surface area contributed by atoms with Crippen LogP contribution in [0.4, 0.5) is 10.5 Å². The van der Waals surface area contributed by atoms with Crippen molar-refractivity contribution in [3.05, 3.63) is 59.1 Å². The van der Waals surface area contributed by atoms with Crippen molar-refractivity contribution in [1.29, 1.82) is 0 Å². The first-order valence-corrected chi connectivity index (χ1v) is 9.61. The third-order valence-electron chi connectivity index (χ3n) is 4.69. The number of urea groups is 1. The van der Waals surface area contributed by atoms with Gasteiger partial charge in [0.05, 0.1) is 12.6 Å². The van der Waals surface area contributed by atoms with Gasteiger partial charge >= 0.3 is 6.03 Å². The van der Waals surface area contributed by atoms with Crippen molar-refractivity contribution < 1.29 is 9.53 Å². The van der Waals surface area contributed by atoms with Crippen molar-refractivity contribution >= 4 is 23.3 Å². The Morgan fingerprint density at radius 1 is 1.15 bits per heavy atom. The van der Waals surface area contributed by atoms with Crippen molar-refractivity contribution in [1.82, 2.24) is 4.90 Å². The molecule has 5 heteroatoms. The lowest BCUT2D eigenvalue weighted by Crippen LogP contribution is -2.38. The van der Waals surface area contributed by atoms with Gasteiger partial charge in [0.25, 0.3) is 0 Å². The Morgan fingerprint density at radius 2 is 1.92 bits per heavy atom. The topological polar surface area (TPSA) is 41.6 Å². The Morgan fingerprint density at radius 3 is 2.65 bits per heavy atom. The summed E-state index contributed by atoms with van der Waals surface area (Å²) >= 11 is 6.42. The number of nitrogens with one attached hydrogen (secondary N) is 1. The molecule has 0 spiro atoms. The number of halogens is 1. The SMILES string of the molecule is CCOc1ccc(NC(=O)N2CCCCC[C@H]2c2ccccc2Cl)cc1. The van der Waals surface area contributed by atoms with Gasteiger partial charge in [0.2, 0.25) is 0 Å². The smallest absolute Gasteiger partial charge is 0.322 e. The van der Waals surface area contributed by atoms with Crippen LogP contribution in [0.3, 0.4) is 0 Å². The molecule has 1 N–H and O–H groups in total. The molecular formula is C21H25ClN2O2. The van der Waals surface area contributed by atoms with Crippen LogP contribution in [0.5, 0.6) is 5.75 Å². The van der Waals surface area contributed by atoms with Gasteiger partial charge in [-0.2, -0.15) is 0 Å². The molecule has 0 radical (unpaired) electrons. The lowest BCUT2D eigenvalue weighted by molar-refractivity contribution is 0.189. The predicted molar refractivity (Wildman–Crippen MR) is 106 cm³/mol. The number of carbonyl (C=O) groups is 1. The minimum absolute atomic E-state index is 0.00824. The van der Waals surface area contributed by atoms with Crippen molar-refractivity contribution in [2.45, 2.75) is 38.6 Å². The number of carbonyl (C=O) groups excluding carboxylic acids is 1. The number of benzene rings is 2. The molecule has 1 heterocycles. The summed E-state index contributed by atoms with van der Waals surface area (Å²) in [6.07, 6.45) is 4.18. The van der Waals surface area contributed by atoms with Gasteiger partial charge in [0.1, 0.15) is 5.75 Å². The number of rotatable bonds is 4. The van der Waals surface area contributed by atoms with Crippen LogP contribution >= 0.6 is 11.6 Å². The fraction of sp³-hybridized carbons (Fsp3) is 0.381. The van der Waals surface area contributed by atoms with Crippen molar-refractivity contribution in [3.8, 4) is 5.75 Å². The van der Waals surface area contributed by atoms with Crippen LogP contribution in [-0.4, -0.2) is 24.1 Å². The average molecular weight is 373 g/mol. The van der Waals surface area contributed by atoms with E-state index in [9.17, 15) is 4.79 Å². The maximum Gasteiger partial charge on any atom is 0.322 e. The fourth-order valence-electron chi connectivity index (χ4n) is 3.42. The van der Waals surface area contributed by atoms with Gasteiger partial charge < -0.3 is 15.0 Å². The number of anilines is 1. The van der Waals surface area contributed by atoms with Crippen LogP contribution in [0, 0.1) is 0 Å². The molecule has 2 aromatic carbocycles. The first-order valence-electron chi connectivity index (χ1n) is 9.24. The van der Waals surface area contributed by atoms with E-state index in [-0.39, 0.29) is 12.1 Å². The molecule has 1 fully saturated rings. The second kappa shape index (κ2) is 8.95. The van der Waals surface area contributed by atoms with Crippen LogP contribution in [0.25, 0.3) is 0 Å². The van der Waals surface area contributed by atoms with E-state index in [0.29, 0.717) is 6.61 Å². The molecule has 4 nitrogen and oxygen atoms in total. The van der Waals surface area contributed by atoms with Gasteiger partial charge in [0, 0.05) is 17.3 Å². The highest BCUT2D eigenvalue weighted by molar-refractivity contribution is 6.31. The molecule has 1 aliphatic heterocycles. The minimum Gasteiger partial charge on any atom is -0.494 e. The molecule has 1 aliphatic rings. The van der Waals surface area contributed by atoms with E-state index in [1.807, 2.05) is 60.4 Å². The zero-order valence-electron chi connectivity index (χ0n) is 15.1. The van der Waals surface area contributed by atoms with Gasteiger partial charge in [-0.1, -0.05) is 42.6 Å². The summed E-state index contributed by atoms with van der Waals surface area (Å²) in [7, 11) is 0. The zero-order chi connectivity index (χ0) is 18.4. The molecule has 0 saturated carbocycles. The predicted octanol–water partition coefficient (Wildman–Crippen LogP) is 5.89. The average Bonchev–Trinajstić information content (AvgIpc) is 2.90. The molecular weight excluding hydrogens is 348 g/mol. The van der Waals surface area contributed by atoms with Gasteiger partial charge in [-0.15, -0.1) is 0 Å². The number of nitrogens with zero attached hydrogens (tertiary/aromatic N) is 1. The number of likely N-dealkylation sites (tertiary alicyclic amines) is 1. The summed E-state index contributed by atoms with van der Waals surface area (Å²) in [5.74, 6) is 0.800. The molecule has 0 aliphatic carbocycles. The Labute approximate surface area is 160 Å². The monoisotopic (exact) mass is 372 g/mol. The maximum atomic E-state index is 13.0. The maximum absolute atomic E-state index is 13.0. The van der Waals surface area contributed by atoms with Gasteiger partial charge in [-0.25, -0.2) is 4.79 Å². The first kappa shape index (κ1) is 18.6. The summed E-state index contributed by atoms with van der Waals surface area (Å²) in [6, 6.07) is 15.2. The molecule has 0 aromatic heterocycles. The number of amides is 2. The quantitative estimate of drug-likeness (QED) is 0.727. The Hall–Kier alpha value is -2.20. The van der Waals surface area contributed by atoms with Crippen molar-refractivity contribution in [2.75, 3.05) is 18.5 Å². The van der Waals surface area contributed by atoms with Crippen LogP contribution in [-0.2, 0) is 0 Å². The molecule has 1 saturated heterocycles. The normalized spacial score (nSPS) is 17.5. The standard InChI is InChI=1S/C21H25ClN2O2/c1-2-26-17-13-11-16(12-14-17)23-21(25)24-15-7-3-4-10-20(24)18-8-5-6-9-19(18)22/h5-6,8-9,11-14,20H,2-4,7,10,15H2,1H3,(H,23,25)/t20-/m0/s1. The molecule has 138 valence electrons. The highest BCUT2D eigenvalue weighted by Crippen LogP contribution is 2.34. The molecule has 1 atom stereocenters. The second-order valence-electron chi connectivity index (χ2n) is 6.47. The van der Waals surface area contributed by atoms with Crippen molar-refractivity contribution in [3.63, 3.8) is 0 Å². The van der Waals surface area contributed by atoms with E-state index in [2.05, 4.69) is 5.32 Å². The summed E-state index contributed by atoms with van der Waals surface area (Å²) in [5.41, 5.74) is 1.79. The van der Waals surface area contributed by atoms with E-state index < -0.39 is 0 Å². The van der Waals surface area contributed by atoms with E-state index in [0.717, 1.165) is 54.3 Å². The fourth-order valence-corrected chi connectivity index (χ4v) is 3.68. The highest BCUT2D eigenvalue weighted by atomic mass is 35.5. The lowest BCUT2D eigenvalue weighted by atomic mass is 10.0. The van der Waals surface area contributed by atoms with Gasteiger partial charge in [-0.3, -0.25) is 0 Å². The van der Waals surface area contributed by atoms with Crippen LogP contribution < -0.4 is 10.1 Å². The van der Waals surface area contributed by atoms with Gasteiger partial charge in [-0.05, 0) is 55.7 Å². The summed E-state index contributed by atoms with van der Waals surface area (Å²) in [6.45, 7) is 3.31. The summed E-state index contributed by atoms with van der Waals surface area (Å²) < 4.78 is 5.45. The zero-order valence-corrected chi connectivity index (χ0v) is 15.8. The number of hydrogen-bond acceptors (Lipinski definition) is 2. The van der Waals surface area contributed by atoms with E-state index in [1.54, 1.807) is 0 Å². The Bertz CT molecular complexity index is 733. The van der Waals surface area contributed by atoms with Crippen LogP contribution in [0.15, 0.2) is 48.5 Å². The first-order chi connectivity index (χ1) is 12.7. The van der Waals surface area contributed by atoms with E-state index >= 15 is 0 Å². The summed E-state index contributed by atoms with van der Waals surface area (Å²) in [4.78, 5) is 14.9. The molecule has 2 aromatic rings. The van der Waals surface area contributed by atoms with E-state index in [1.165, 1.54) is 0 Å². The Balaban J connectivity index is 1.77. The minimum atomic E-state index is -0.0824. The Kier molecular flexibility index (Phi) is 6.40.